The first kappa shape index (κ1) is 28.7. The summed E-state index contributed by atoms with van der Waals surface area (Å²) < 4.78 is 23.3. The van der Waals surface area contributed by atoms with Gasteiger partial charge in [0.05, 0.1) is 16.9 Å². The third-order valence-corrected chi connectivity index (χ3v) is 11.5. The Bertz CT molecular complexity index is 2680. The Morgan fingerprint density at radius 3 is 2.08 bits per heavy atom. The fraction of sp³-hybridized carbons (Fsp3) is 0.133. The molecule has 1 fully saturated rings. The summed E-state index contributed by atoms with van der Waals surface area (Å²) in [6.07, 6.45) is 2.57. The molecule has 2 aromatic heterocycles. The van der Waals surface area contributed by atoms with Crippen molar-refractivity contribution in [3.8, 4) is 33.9 Å². The second kappa shape index (κ2) is 10.4. The van der Waals surface area contributed by atoms with Crippen LogP contribution in [0.15, 0.2) is 144 Å². The Morgan fingerprint density at radius 1 is 0.549 bits per heavy atom. The van der Waals surface area contributed by atoms with Crippen LogP contribution in [0.1, 0.15) is 42.4 Å². The molecular weight excluding hydrogens is 632 g/mol. The Morgan fingerprint density at radius 2 is 1.25 bits per heavy atom. The SMILES string of the molecule is FC12CCC3(CC1)c1cc(-c4ccccc4)ccc1N(c1nc(-c4ccccc4)nc(-c4cccc5c4oc4ccccc45)n1)c1cccc2c13. The quantitative estimate of drug-likeness (QED) is 0.188. The number of aromatic nitrogens is 3. The highest BCUT2D eigenvalue weighted by Gasteiger charge is 2.57. The number of fused-ring (bicyclic) bond motifs is 6. The lowest BCUT2D eigenvalue weighted by molar-refractivity contribution is 0.0545. The van der Waals surface area contributed by atoms with Gasteiger partial charge < -0.3 is 4.42 Å². The predicted octanol–water partition coefficient (Wildman–Crippen LogP) is 11.6. The van der Waals surface area contributed by atoms with E-state index in [0.717, 1.165) is 79.5 Å². The normalized spacial score (nSPS) is 20.1. The number of benzene rings is 6. The smallest absolute Gasteiger partial charge is 0.238 e. The number of hydrogen-bond acceptors (Lipinski definition) is 5. The molecule has 2 bridgehead atoms. The molecule has 244 valence electrons. The highest BCUT2D eigenvalue weighted by molar-refractivity contribution is 6.09. The van der Waals surface area contributed by atoms with Crippen LogP contribution in [-0.4, -0.2) is 15.0 Å². The van der Waals surface area contributed by atoms with Crippen molar-refractivity contribution in [3.63, 3.8) is 0 Å². The van der Waals surface area contributed by atoms with Crippen LogP contribution in [0.4, 0.5) is 21.7 Å². The number of anilines is 3. The third kappa shape index (κ3) is 4.04. The lowest BCUT2D eigenvalue weighted by atomic mass is 9.52. The molecule has 0 radical (unpaired) electrons. The summed E-state index contributed by atoms with van der Waals surface area (Å²) >= 11 is 0. The molecule has 3 heterocycles. The number of nitrogens with zero attached hydrogens (tertiary/aromatic N) is 4. The summed E-state index contributed by atoms with van der Waals surface area (Å²) in [7, 11) is 0. The van der Waals surface area contributed by atoms with E-state index in [0.29, 0.717) is 30.4 Å². The van der Waals surface area contributed by atoms with Gasteiger partial charge in [-0.2, -0.15) is 9.97 Å². The maximum atomic E-state index is 16.8. The van der Waals surface area contributed by atoms with Gasteiger partial charge in [-0.3, -0.25) is 4.90 Å². The van der Waals surface area contributed by atoms with Gasteiger partial charge in [0.25, 0.3) is 0 Å². The first-order valence-corrected chi connectivity index (χ1v) is 17.6. The first-order chi connectivity index (χ1) is 25.1. The highest BCUT2D eigenvalue weighted by Crippen LogP contribution is 2.66. The molecular formula is C45H31FN4O. The Kier molecular flexibility index (Phi) is 5.87. The van der Waals surface area contributed by atoms with E-state index in [1.807, 2.05) is 78.9 Å². The molecule has 5 nitrogen and oxygen atoms in total. The van der Waals surface area contributed by atoms with E-state index in [4.69, 9.17) is 19.4 Å². The molecule has 1 aliphatic heterocycles. The molecule has 0 N–H and O–H groups in total. The van der Waals surface area contributed by atoms with E-state index < -0.39 is 5.67 Å². The number of furan rings is 1. The number of para-hydroxylation sites is 2. The molecule has 0 saturated heterocycles. The van der Waals surface area contributed by atoms with E-state index in [1.54, 1.807) is 0 Å². The summed E-state index contributed by atoms with van der Waals surface area (Å²) in [5.41, 5.74) is 8.91. The number of halogens is 1. The zero-order chi connectivity index (χ0) is 33.7. The van der Waals surface area contributed by atoms with Gasteiger partial charge in [0.1, 0.15) is 16.8 Å². The summed E-state index contributed by atoms with van der Waals surface area (Å²) in [6, 6.07) is 47.6. The topological polar surface area (TPSA) is 55.1 Å². The van der Waals surface area contributed by atoms with Crippen LogP contribution in [0.25, 0.3) is 55.8 Å². The molecule has 8 aromatic rings. The lowest BCUT2D eigenvalue weighted by Crippen LogP contribution is -2.49. The van der Waals surface area contributed by atoms with E-state index in [-0.39, 0.29) is 5.41 Å². The van der Waals surface area contributed by atoms with Crippen LogP contribution in [0.3, 0.4) is 0 Å². The second-order valence-corrected chi connectivity index (χ2v) is 14.1. The van der Waals surface area contributed by atoms with Gasteiger partial charge in [-0.25, -0.2) is 9.37 Å². The van der Waals surface area contributed by atoms with Gasteiger partial charge in [-0.1, -0.05) is 109 Å². The first-order valence-electron chi connectivity index (χ1n) is 17.6. The fourth-order valence-electron chi connectivity index (χ4n) is 9.09. The highest BCUT2D eigenvalue weighted by atomic mass is 19.1. The van der Waals surface area contributed by atoms with E-state index in [9.17, 15) is 0 Å². The lowest BCUT2D eigenvalue weighted by Gasteiger charge is -2.55. The van der Waals surface area contributed by atoms with Crippen molar-refractivity contribution in [2.24, 2.45) is 0 Å². The molecule has 4 aliphatic rings. The summed E-state index contributed by atoms with van der Waals surface area (Å²) in [5, 5.41) is 2.05. The van der Waals surface area contributed by atoms with Crippen molar-refractivity contribution in [2.75, 3.05) is 4.90 Å². The molecule has 0 amide bonds. The van der Waals surface area contributed by atoms with Crippen molar-refractivity contribution in [1.29, 1.82) is 0 Å². The Hall–Kier alpha value is -6.14. The van der Waals surface area contributed by atoms with Crippen molar-refractivity contribution in [1.82, 2.24) is 15.0 Å². The van der Waals surface area contributed by atoms with E-state index >= 15 is 4.39 Å². The minimum absolute atomic E-state index is 0.297. The minimum Gasteiger partial charge on any atom is -0.455 e. The van der Waals surface area contributed by atoms with Crippen LogP contribution in [0, 0.1) is 0 Å². The molecule has 1 spiro atoms. The average Bonchev–Trinajstić information content (AvgIpc) is 3.58. The van der Waals surface area contributed by atoms with Crippen molar-refractivity contribution < 1.29 is 8.81 Å². The summed E-state index contributed by atoms with van der Waals surface area (Å²) in [4.78, 5) is 17.7. The zero-order valence-corrected chi connectivity index (χ0v) is 27.7. The van der Waals surface area contributed by atoms with Crippen LogP contribution in [-0.2, 0) is 11.1 Å². The molecule has 3 aliphatic carbocycles. The molecule has 0 unspecified atom stereocenters. The monoisotopic (exact) mass is 662 g/mol. The zero-order valence-electron chi connectivity index (χ0n) is 27.7. The van der Waals surface area contributed by atoms with E-state index in [1.165, 1.54) is 5.56 Å². The maximum absolute atomic E-state index is 16.8. The third-order valence-electron chi connectivity index (χ3n) is 11.5. The van der Waals surface area contributed by atoms with Gasteiger partial charge in [0.2, 0.25) is 5.95 Å². The van der Waals surface area contributed by atoms with Gasteiger partial charge >= 0.3 is 0 Å². The minimum atomic E-state index is -1.34. The predicted molar refractivity (Wildman–Crippen MR) is 200 cm³/mol. The van der Waals surface area contributed by atoms with Crippen molar-refractivity contribution in [2.45, 2.75) is 36.8 Å². The Balaban J connectivity index is 1.20. The number of rotatable bonds is 4. The average molecular weight is 663 g/mol. The molecule has 6 aromatic carbocycles. The van der Waals surface area contributed by atoms with Gasteiger partial charge in [0.15, 0.2) is 11.6 Å². The Labute approximate surface area is 294 Å². The van der Waals surface area contributed by atoms with Crippen LogP contribution in [0.5, 0.6) is 0 Å². The van der Waals surface area contributed by atoms with E-state index in [2.05, 4.69) is 65.6 Å². The molecule has 51 heavy (non-hydrogen) atoms. The summed E-state index contributed by atoms with van der Waals surface area (Å²) in [6.45, 7) is 0. The van der Waals surface area contributed by atoms with Gasteiger partial charge in [0, 0.05) is 21.8 Å². The fourth-order valence-corrected chi connectivity index (χ4v) is 9.09. The second-order valence-electron chi connectivity index (χ2n) is 14.1. The van der Waals surface area contributed by atoms with Crippen molar-refractivity contribution >= 4 is 39.3 Å². The van der Waals surface area contributed by atoms with Gasteiger partial charge in [-0.05, 0) is 83.8 Å². The summed E-state index contributed by atoms with van der Waals surface area (Å²) in [5.74, 6) is 1.55. The van der Waals surface area contributed by atoms with Gasteiger partial charge in [-0.15, -0.1) is 0 Å². The molecule has 12 rings (SSSR count). The van der Waals surface area contributed by atoms with Crippen LogP contribution < -0.4 is 4.90 Å². The molecule has 6 heteroatoms. The standard InChI is InChI=1S/C45H31FN4O/c46-45-25-23-44(24-26-45)35-27-30(28-11-3-1-4-12-28)21-22-36(35)50(37-19-10-18-34(45)39(37)44)43-48-41(29-13-5-2-6-14-29)47-42(49-43)33-17-9-16-32-31-15-7-8-20-38(31)51-40(32)33/h1-22,27H,23-26H2. The number of alkyl halides is 1. The van der Waals surface area contributed by atoms with Crippen LogP contribution >= 0.6 is 0 Å². The molecule has 1 saturated carbocycles. The molecule has 0 atom stereocenters. The number of hydrogen-bond donors (Lipinski definition) is 0. The van der Waals surface area contributed by atoms with Crippen LogP contribution in [0.2, 0.25) is 0 Å². The van der Waals surface area contributed by atoms with Crippen molar-refractivity contribution in [3.05, 3.63) is 156 Å². The maximum Gasteiger partial charge on any atom is 0.238 e. The largest absolute Gasteiger partial charge is 0.455 e.